The highest BCUT2D eigenvalue weighted by molar-refractivity contribution is 5.99. The molecular formula is C27H21F4N7O2. The number of amides is 1. The van der Waals surface area contributed by atoms with Gasteiger partial charge in [-0.1, -0.05) is 12.1 Å². The largest absolute Gasteiger partial charge is 0.504 e. The first-order chi connectivity index (χ1) is 19.2. The molecule has 7 rings (SSSR count). The van der Waals surface area contributed by atoms with E-state index in [4.69, 9.17) is 10.5 Å². The molecule has 204 valence electrons. The molecule has 0 spiro atoms. The lowest BCUT2D eigenvalue weighted by atomic mass is 9.85. The van der Waals surface area contributed by atoms with E-state index in [2.05, 4.69) is 15.1 Å². The Balaban J connectivity index is 1.27. The summed E-state index contributed by atoms with van der Waals surface area (Å²) in [6.45, 7) is 0.636. The van der Waals surface area contributed by atoms with Gasteiger partial charge in [-0.2, -0.15) is 9.78 Å². The number of aromatic nitrogens is 5. The second-order valence-corrected chi connectivity index (χ2v) is 9.96. The van der Waals surface area contributed by atoms with Crippen molar-refractivity contribution >= 4 is 28.3 Å². The molecule has 40 heavy (non-hydrogen) atoms. The predicted molar refractivity (Wildman–Crippen MR) is 135 cm³/mol. The van der Waals surface area contributed by atoms with Crippen molar-refractivity contribution in [2.24, 2.45) is 0 Å². The second kappa shape index (κ2) is 8.74. The number of alkyl halides is 3. The summed E-state index contributed by atoms with van der Waals surface area (Å²) < 4.78 is 62.2. The molecule has 13 heteroatoms. The molecule has 2 N–H and O–H groups in total. The molecule has 2 atom stereocenters. The molecular weight excluding hydrogens is 530 g/mol. The number of imidazole rings is 1. The fraction of sp³-hybridized carbons (Fsp3) is 0.259. The standard InChI is InChI=1S/C27H21F4N7O2/c28-19-8-20-21(37-13-33-10-22(37)25(32)35-20)7-18(19)26(39)36-5-1-2-23-24(36)17-4-3-14(6-15(17)12-40-23)16-9-34-38(11-16)27(29,30)31/h3-4,6-11,13,23-24H,1-2,5,12H2,(H2,32,35). The summed E-state index contributed by atoms with van der Waals surface area (Å²) in [5.41, 5.74) is 9.61. The first-order valence-electron chi connectivity index (χ1n) is 12.6. The maximum atomic E-state index is 15.4. The molecule has 1 saturated heterocycles. The Hall–Kier alpha value is -4.52. The normalized spacial score (nSPS) is 19.1. The first-order valence-corrected chi connectivity index (χ1v) is 12.6. The van der Waals surface area contributed by atoms with Gasteiger partial charge in [0.25, 0.3) is 5.91 Å². The van der Waals surface area contributed by atoms with Gasteiger partial charge in [-0.15, -0.1) is 13.2 Å². The maximum Gasteiger partial charge on any atom is 0.504 e. The minimum absolute atomic E-state index is 0.0463. The summed E-state index contributed by atoms with van der Waals surface area (Å²) in [5.74, 6) is -1.02. The summed E-state index contributed by atoms with van der Waals surface area (Å²) in [7, 11) is 0. The van der Waals surface area contributed by atoms with Gasteiger partial charge in [0.05, 0.1) is 54.1 Å². The molecule has 2 aliphatic heterocycles. The minimum Gasteiger partial charge on any atom is -0.382 e. The van der Waals surface area contributed by atoms with Crippen LogP contribution < -0.4 is 5.73 Å². The van der Waals surface area contributed by atoms with Gasteiger partial charge in [0.2, 0.25) is 0 Å². The topological polar surface area (TPSA) is 104 Å². The Bertz CT molecular complexity index is 1810. The first kappa shape index (κ1) is 24.5. The van der Waals surface area contributed by atoms with Crippen molar-refractivity contribution in [2.45, 2.75) is 37.9 Å². The van der Waals surface area contributed by atoms with Gasteiger partial charge in [0, 0.05) is 24.4 Å². The number of rotatable bonds is 2. The predicted octanol–water partition coefficient (Wildman–Crippen LogP) is 4.82. The van der Waals surface area contributed by atoms with Gasteiger partial charge < -0.3 is 15.4 Å². The van der Waals surface area contributed by atoms with Crippen molar-refractivity contribution in [3.8, 4) is 11.1 Å². The molecule has 2 aliphatic rings. The SMILES string of the molecule is Nc1nc2cc(F)c(C(=O)N3CCCC4OCc5cc(-c6cnn(C(F)(F)F)c6)ccc5C43)cc2n2cncc12. The summed E-state index contributed by atoms with van der Waals surface area (Å²) in [6.07, 6.45) is 1.63. The molecule has 3 aromatic heterocycles. The minimum atomic E-state index is -4.61. The summed E-state index contributed by atoms with van der Waals surface area (Å²) in [5, 5.41) is 3.42. The number of carbonyl (C=O) groups excluding carboxylic acids is 1. The Labute approximate surface area is 223 Å². The summed E-state index contributed by atoms with van der Waals surface area (Å²) in [6, 6.07) is 7.44. The van der Waals surface area contributed by atoms with Crippen molar-refractivity contribution in [3.63, 3.8) is 0 Å². The van der Waals surface area contributed by atoms with Crippen LogP contribution in [0.3, 0.4) is 0 Å². The average molecular weight is 552 g/mol. The van der Waals surface area contributed by atoms with Crippen LogP contribution in [0.4, 0.5) is 23.4 Å². The number of nitrogen functional groups attached to an aromatic ring is 1. The van der Waals surface area contributed by atoms with Crippen LogP contribution in [0, 0.1) is 5.82 Å². The number of ether oxygens (including phenoxy) is 1. The lowest BCUT2D eigenvalue weighted by molar-refractivity contribution is -0.212. The van der Waals surface area contributed by atoms with Gasteiger partial charge in [-0.25, -0.2) is 14.4 Å². The highest BCUT2D eigenvalue weighted by Crippen LogP contribution is 2.41. The molecule has 2 unspecified atom stereocenters. The van der Waals surface area contributed by atoms with Crippen LogP contribution in [0.25, 0.3) is 27.7 Å². The molecule has 2 aromatic carbocycles. The fourth-order valence-corrected chi connectivity index (χ4v) is 5.75. The van der Waals surface area contributed by atoms with E-state index >= 15 is 4.39 Å². The molecule has 0 saturated carbocycles. The molecule has 5 aromatic rings. The van der Waals surface area contributed by atoms with E-state index in [1.165, 1.54) is 18.5 Å². The van der Waals surface area contributed by atoms with E-state index in [-0.39, 0.29) is 28.8 Å². The number of halogens is 4. The number of likely N-dealkylation sites (tertiary alicyclic amines) is 1. The van der Waals surface area contributed by atoms with Crippen molar-refractivity contribution in [1.29, 1.82) is 0 Å². The third kappa shape index (κ3) is 3.79. The van der Waals surface area contributed by atoms with Crippen LogP contribution in [-0.4, -0.2) is 47.6 Å². The van der Waals surface area contributed by atoms with Crippen LogP contribution in [0.2, 0.25) is 0 Å². The monoisotopic (exact) mass is 551 g/mol. The van der Waals surface area contributed by atoms with Gasteiger partial charge >= 0.3 is 6.30 Å². The van der Waals surface area contributed by atoms with Gasteiger partial charge in [-0.05, 0) is 41.7 Å². The molecule has 0 radical (unpaired) electrons. The smallest absolute Gasteiger partial charge is 0.382 e. The van der Waals surface area contributed by atoms with Crippen molar-refractivity contribution in [1.82, 2.24) is 29.0 Å². The van der Waals surface area contributed by atoms with E-state index in [1.54, 1.807) is 33.7 Å². The maximum absolute atomic E-state index is 15.4. The van der Waals surface area contributed by atoms with Crippen LogP contribution in [-0.2, 0) is 17.6 Å². The lowest BCUT2D eigenvalue weighted by Gasteiger charge is -2.44. The average Bonchev–Trinajstić information content (AvgIpc) is 3.63. The van der Waals surface area contributed by atoms with E-state index < -0.39 is 24.1 Å². The molecule has 9 nitrogen and oxygen atoms in total. The highest BCUT2D eigenvalue weighted by atomic mass is 19.4. The molecule has 0 aliphatic carbocycles. The molecule has 1 fully saturated rings. The number of carbonyl (C=O) groups is 1. The number of anilines is 1. The number of benzene rings is 2. The van der Waals surface area contributed by atoms with Crippen molar-refractivity contribution in [2.75, 3.05) is 12.3 Å². The number of hydrogen-bond donors (Lipinski definition) is 1. The number of hydrogen-bond acceptors (Lipinski definition) is 6. The highest BCUT2D eigenvalue weighted by Gasteiger charge is 2.41. The fourth-order valence-electron chi connectivity index (χ4n) is 5.75. The molecule has 5 heterocycles. The zero-order valence-corrected chi connectivity index (χ0v) is 20.8. The Morgan fingerprint density at radius 2 is 1.95 bits per heavy atom. The molecule has 1 amide bonds. The zero-order valence-electron chi connectivity index (χ0n) is 20.8. The van der Waals surface area contributed by atoms with E-state index in [9.17, 15) is 18.0 Å². The van der Waals surface area contributed by atoms with E-state index in [0.717, 1.165) is 23.5 Å². The van der Waals surface area contributed by atoms with Gasteiger partial charge in [0.1, 0.15) is 17.2 Å². The Morgan fingerprint density at radius 3 is 2.75 bits per heavy atom. The third-order valence-electron chi connectivity index (χ3n) is 7.62. The van der Waals surface area contributed by atoms with Crippen molar-refractivity contribution < 1.29 is 27.1 Å². The van der Waals surface area contributed by atoms with Crippen LogP contribution in [0.5, 0.6) is 0 Å². The van der Waals surface area contributed by atoms with Gasteiger partial charge in [0.15, 0.2) is 0 Å². The molecule has 0 bridgehead atoms. The zero-order chi connectivity index (χ0) is 27.8. The lowest BCUT2D eigenvalue weighted by Crippen LogP contribution is -2.48. The quantitative estimate of drug-likeness (QED) is 0.316. The number of fused-ring (bicyclic) bond motifs is 6. The van der Waals surface area contributed by atoms with Crippen LogP contribution >= 0.6 is 0 Å². The van der Waals surface area contributed by atoms with Crippen LogP contribution in [0.15, 0.2) is 55.2 Å². The number of nitrogens with two attached hydrogens (primary N) is 1. The van der Waals surface area contributed by atoms with Crippen molar-refractivity contribution in [3.05, 3.63) is 77.8 Å². The Kier molecular flexibility index (Phi) is 5.36. The third-order valence-corrected chi connectivity index (χ3v) is 7.62. The van der Waals surface area contributed by atoms with Crippen LogP contribution in [0.1, 0.15) is 40.4 Å². The summed E-state index contributed by atoms with van der Waals surface area (Å²) >= 11 is 0. The number of nitrogens with zero attached hydrogens (tertiary/aromatic N) is 6. The Morgan fingerprint density at radius 1 is 1.10 bits per heavy atom. The van der Waals surface area contributed by atoms with E-state index in [0.29, 0.717) is 47.1 Å². The number of piperidine rings is 1. The summed E-state index contributed by atoms with van der Waals surface area (Å²) in [4.78, 5) is 23.9. The van der Waals surface area contributed by atoms with E-state index in [1.807, 2.05) is 0 Å². The second-order valence-electron chi connectivity index (χ2n) is 9.96. The van der Waals surface area contributed by atoms with Gasteiger partial charge in [-0.3, -0.25) is 9.20 Å².